The summed E-state index contributed by atoms with van der Waals surface area (Å²) >= 11 is 4.78. The van der Waals surface area contributed by atoms with E-state index in [-0.39, 0.29) is 25.1 Å². The van der Waals surface area contributed by atoms with Gasteiger partial charge in [0.1, 0.15) is 0 Å². The molecule has 0 unspecified atom stereocenters. The summed E-state index contributed by atoms with van der Waals surface area (Å²) in [7, 11) is -2.06. The monoisotopic (exact) mass is 355 g/mol. The Balaban J connectivity index is 2.33. The van der Waals surface area contributed by atoms with Gasteiger partial charge in [0, 0.05) is 17.8 Å². The number of methoxy groups -OCH3 is 1. The fourth-order valence-electron chi connectivity index (χ4n) is 1.21. The van der Waals surface area contributed by atoms with Gasteiger partial charge in [-0.2, -0.15) is 0 Å². The molecule has 0 radical (unpaired) electrons. The number of esters is 1. The zero-order valence-corrected chi connectivity index (χ0v) is 13.0. The Kier molecular flexibility index (Phi) is 6.27. The van der Waals surface area contributed by atoms with Crippen molar-refractivity contribution in [3.8, 4) is 0 Å². The van der Waals surface area contributed by atoms with Gasteiger partial charge >= 0.3 is 5.97 Å². The number of thiophene rings is 1. The van der Waals surface area contributed by atoms with Crippen molar-refractivity contribution in [3.63, 3.8) is 0 Å². The molecule has 0 fully saturated rings. The summed E-state index contributed by atoms with van der Waals surface area (Å²) in [6.07, 6.45) is 0.373. The van der Waals surface area contributed by atoms with Crippen LogP contribution in [0.2, 0.25) is 0 Å². The summed E-state index contributed by atoms with van der Waals surface area (Å²) in [6.45, 7) is 0.275. The van der Waals surface area contributed by atoms with Crippen molar-refractivity contribution in [1.29, 1.82) is 0 Å². The molecule has 1 heterocycles. The highest BCUT2D eigenvalue weighted by Gasteiger charge is 2.12. The van der Waals surface area contributed by atoms with Gasteiger partial charge in [-0.25, -0.2) is 13.1 Å². The lowest BCUT2D eigenvalue weighted by Gasteiger charge is -2.04. The Morgan fingerprint density at radius 2 is 2.22 bits per heavy atom. The fraction of sp³-hybridized carbons (Fsp3) is 0.500. The Bertz CT molecular complexity index is 498. The Morgan fingerprint density at radius 1 is 1.50 bits per heavy atom. The third-order valence-corrected chi connectivity index (χ3v) is 5.15. The van der Waals surface area contributed by atoms with E-state index in [1.165, 1.54) is 18.4 Å². The van der Waals surface area contributed by atoms with Crippen molar-refractivity contribution in [2.45, 2.75) is 19.4 Å². The molecule has 0 aliphatic rings. The van der Waals surface area contributed by atoms with E-state index in [9.17, 15) is 13.2 Å². The number of carbonyl (C=O) groups is 1. The summed E-state index contributed by atoms with van der Waals surface area (Å²) in [6, 6.07) is 3.72. The van der Waals surface area contributed by atoms with Crippen molar-refractivity contribution >= 4 is 43.3 Å². The third-order valence-electron chi connectivity index (χ3n) is 2.12. The molecule has 0 bridgehead atoms. The second-order valence-corrected chi connectivity index (χ2v) is 8.00. The predicted molar refractivity (Wildman–Crippen MR) is 73.9 cm³/mol. The SMILES string of the molecule is COC(=O)CCCS(=O)(=O)NCc1ccc(Br)s1. The number of hydrogen-bond acceptors (Lipinski definition) is 5. The van der Waals surface area contributed by atoms with Crippen LogP contribution in [-0.4, -0.2) is 27.2 Å². The van der Waals surface area contributed by atoms with Gasteiger partial charge in [0.2, 0.25) is 10.0 Å². The maximum atomic E-state index is 11.6. The van der Waals surface area contributed by atoms with Crippen molar-refractivity contribution in [1.82, 2.24) is 4.72 Å². The highest BCUT2D eigenvalue weighted by atomic mass is 79.9. The molecule has 0 atom stereocenters. The molecule has 1 aromatic rings. The van der Waals surface area contributed by atoms with Crippen molar-refractivity contribution in [3.05, 3.63) is 20.8 Å². The van der Waals surface area contributed by atoms with Crippen LogP contribution in [-0.2, 0) is 26.1 Å². The highest BCUT2D eigenvalue weighted by Crippen LogP contribution is 2.21. The first-order valence-electron chi connectivity index (χ1n) is 5.21. The normalized spacial score (nSPS) is 11.4. The lowest BCUT2D eigenvalue weighted by Crippen LogP contribution is -2.26. The van der Waals surface area contributed by atoms with Crippen molar-refractivity contribution in [2.75, 3.05) is 12.9 Å². The van der Waals surface area contributed by atoms with E-state index in [0.717, 1.165) is 8.66 Å². The van der Waals surface area contributed by atoms with Crippen LogP contribution >= 0.6 is 27.3 Å². The topological polar surface area (TPSA) is 72.5 Å². The minimum Gasteiger partial charge on any atom is -0.469 e. The van der Waals surface area contributed by atoms with E-state index in [4.69, 9.17) is 0 Å². The number of nitrogens with one attached hydrogen (secondary N) is 1. The third kappa shape index (κ3) is 5.94. The lowest BCUT2D eigenvalue weighted by molar-refractivity contribution is -0.140. The number of carbonyl (C=O) groups excluding carboxylic acids is 1. The van der Waals surface area contributed by atoms with E-state index >= 15 is 0 Å². The molecule has 0 saturated heterocycles. The zero-order chi connectivity index (χ0) is 13.6. The van der Waals surface area contributed by atoms with E-state index in [1.807, 2.05) is 12.1 Å². The number of sulfonamides is 1. The molecule has 8 heteroatoms. The average Bonchev–Trinajstić information content (AvgIpc) is 2.72. The van der Waals surface area contributed by atoms with Crippen LogP contribution in [0.5, 0.6) is 0 Å². The summed E-state index contributed by atoms with van der Waals surface area (Å²) < 4.78 is 31.1. The van der Waals surface area contributed by atoms with Gasteiger partial charge in [-0.15, -0.1) is 11.3 Å². The van der Waals surface area contributed by atoms with Gasteiger partial charge in [0.15, 0.2) is 0 Å². The summed E-state index contributed by atoms with van der Waals surface area (Å²) in [5, 5.41) is 0. The molecule has 1 aromatic heterocycles. The van der Waals surface area contributed by atoms with E-state index in [2.05, 4.69) is 25.4 Å². The molecule has 1 N–H and O–H groups in total. The smallest absolute Gasteiger partial charge is 0.305 e. The average molecular weight is 356 g/mol. The van der Waals surface area contributed by atoms with Crippen LogP contribution < -0.4 is 4.72 Å². The molecular formula is C10H14BrNO4S2. The van der Waals surface area contributed by atoms with Crippen molar-refractivity contribution in [2.24, 2.45) is 0 Å². The minimum absolute atomic E-state index is 0.0748. The fourth-order valence-corrected chi connectivity index (χ4v) is 3.77. The van der Waals surface area contributed by atoms with Crippen LogP contribution in [0.3, 0.4) is 0 Å². The number of rotatable bonds is 7. The van der Waals surface area contributed by atoms with E-state index in [1.54, 1.807) is 0 Å². The molecule has 0 saturated carbocycles. The summed E-state index contributed by atoms with van der Waals surface area (Å²) in [5.41, 5.74) is 0. The quantitative estimate of drug-likeness (QED) is 0.758. The summed E-state index contributed by atoms with van der Waals surface area (Å²) in [5.74, 6) is -0.471. The Hall–Kier alpha value is -0.440. The largest absolute Gasteiger partial charge is 0.469 e. The van der Waals surface area contributed by atoms with Crippen LogP contribution in [0.4, 0.5) is 0 Å². The summed E-state index contributed by atoms with van der Waals surface area (Å²) in [4.78, 5) is 11.8. The second kappa shape index (κ2) is 7.22. The Labute approximate surface area is 119 Å². The molecule has 0 spiro atoms. The predicted octanol–water partition coefficient (Wildman–Crippen LogP) is 1.88. The van der Waals surface area contributed by atoms with Crippen LogP contribution in [0, 0.1) is 0 Å². The van der Waals surface area contributed by atoms with Gasteiger partial charge in [0.25, 0.3) is 0 Å². The molecule has 18 heavy (non-hydrogen) atoms. The van der Waals surface area contributed by atoms with Crippen LogP contribution in [0.25, 0.3) is 0 Å². The highest BCUT2D eigenvalue weighted by molar-refractivity contribution is 9.11. The molecule has 0 amide bonds. The Morgan fingerprint density at radius 3 is 2.78 bits per heavy atom. The lowest BCUT2D eigenvalue weighted by atomic mass is 10.3. The molecular weight excluding hydrogens is 342 g/mol. The first-order valence-corrected chi connectivity index (χ1v) is 8.47. The second-order valence-electron chi connectivity index (χ2n) is 3.53. The van der Waals surface area contributed by atoms with Gasteiger partial charge in [-0.3, -0.25) is 4.79 Å². The van der Waals surface area contributed by atoms with Crippen LogP contribution in [0.1, 0.15) is 17.7 Å². The first kappa shape index (κ1) is 15.6. The maximum Gasteiger partial charge on any atom is 0.305 e. The number of ether oxygens (including phenoxy) is 1. The van der Waals surface area contributed by atoms with Crippen LogP contribution in [0.15, 0.2) is 15.9 Å². The van der Waals surface area contributed by atoms with Crippen molar-refractivity contribution < 1.29 is 17.9 Å². The maximum absolute atomic E-state index is 11.6. The first-order chi connectivity index (χ1) is 8.43. The molecule has 0 aliphatic carbocycles. The van der Waals surface area contributed by atoms with Gasteiger partial charge in [-0.1, -0.05) is 0 Å². The standard InChI is InChI=1S/C10H14BrNO4S2/c1-16-10(13)3-2-6-18(14,15)12-7-8-4-5-9(11)17-8/h4-5,12H,2-3,6-7H2,1H3. The van der Waals surface area contributed by atoms with E-state index < -0.39 is 16.0 Å². The van der Waals surface area contributed by atoms with Gasteiger partial charge < -0.3 is 4.74 Å². The molecule has 0 aliphatic heterocycles. The zero-order valence-electron chi connectivity index (χ0n) is 9.81. The molecule has 0 aromatic carbocycles. The molecule has 102 valence electrons. The molecule has 1 rings (SSSR count). The van der Waals surface area contributed by atoms with E-state index in [0.29, 0.717) is 0 Å². The number of hydrogen-bond donors (Lipinski definition) is 1. The van der Waals surface area contributed by atoms with Gasteiger partial charge in [-0.05, 0) is 34.5 Å². The minimum atomic E-state index is -3.34. The molecule has 5 nitrogen and oxygen atoms in total. The number of halogens is 1. The van der Waals surface area contributed by atoms with Gasteiger partial charge in [0.05, 0.1) is 16.6 Å².